The first-order chi connectivity index (χ1) is 11.4. The maximum Gasteiger partial charge on any atom is 0.153 e. The van der Waals surface area contributed by atoms with Gasteiger partial charge in [0.05, 0.1) is 16.6 Å². The fourth-order valence-corrected chi connectivity index (χ4v) is 2.97. The highest BCUT2D eigenvalue weighted by molar-refractivity contribution is 6.10. The van der Waals surface area contributed by atoms with Crippen LogP contribution in [-0.2, 0) is 0 Å². The van der Waals surface area contributed by atoms with Crippen molar-refractivity contribution < 1.29 is 4.42 Å². The zero-order chi connectivity index (χ0) is 15.2. The Hall–Kier alpha value is -3.27. The summed E-state index contributed by atoms with van der Waals surface area (Å²) in [6.45, 7) is 0. The van der Waals surface area contributed by atoms with Crippen molar-refractivity contribution in [2.75, 3.05) is 0 Å². The molecule has 0 aliphatic heterocycles. The molecule has 108 valence electrons. The predicted octanol–water partition coefficient (Wildman–Crippen LogP) is 4.59. The maximum absolute atomic E-state index is 5.89. The van der Waals surface area contributed by atoms with Crippen molar-refractivity contribution in [2.45, 2.75) is 0 Å². The lowest BCUT2D eigenvalue weighted by atomic mass is 10.0. The molecule has 0 spiro atoms. The normalized spacial score (nSPS) is 11.5. The lowest BCUT2D eigenvalue weighted by Gasteiger charge is -2.03. The molecule has 2 aromatic carbocycles. The first-order valence-corrected chi connectivity index (χ1v) is 7.39. The number of nitrogens with zero attached hydrogens (tertiary/aromatic N) is 3. The van der Waals surface area contributed by atoms with Crippen LogP contribution in [0.3, 0.4) is 0 Å². The highest BCUT2D eigenvalue weighted by atomic mass is 16.3. The van der Waals surface area contributed by atoms with Crippen LogP contribution in [-0.4, -0.2) is 15.2 Å². The van der Waals surface area contributed by atoms with E-state index in [-0.39, 0.29) is 0 Å². The minimum Gasteiger partial charge on any atom is -0.454 e. The van der Waals surface area contributed by atoms with Gasteiger partial charge in [-0.1, -0.05) is 30.3 Å². The number of hydrogen-bond donors (Lipinski definition) is 0. The molecule has 4 nitrogen and oxygen atoms in total. The van der Waals surface area contributed by atoms with E-state index in [9.17, 15) is 0 Å². The van der Waals surface area contributed by atoms with Crippen LogP contribution in [0, 0.1) is 0 Å². The summed E-state index contributed by atoms with van der Waals surface area (Å²) in [5, 5.41) is 10.8. The molecule has 0 amide bonds. The molecule has 4 heteroatoms. The number of fused-ring (bicyclic) bond motifs is 4. The average Bonchev–Trinajstić information content (AvgIpc) is 3.00. The third-order valence-electron chi connectivity index (χ3n) is 4.02. The van der Waals surface area contributed by atoms with Gasteiger partial charge in [-0.25, -0.2) is 0 Å². The summed E-state index contributed by atoms with van der Waals surface area (Å²) < 4.78 is 5.89. The number of furan rings is 1. The highest BCUT2D eigenvalue weighted by Gasteiger charge is 2.14. The largest absolute Gasteiger partial charge is 0.454 e. The van der Waals surface area contributed by atoms with Crippen molar-refractivity contribution in [2.24, 2.45) is 0 Å². The van der Waals surface area contributed by atoms with Crippen molar-refractivity contribution >= 4 is 33.0 Å². The molecule has 0 aliphatic rings. The molecule has 0 unspecified atom stereocenters. The Morgan fingerprint density at radius 1 is 0.783 bits per heavy atom. The molecule has 23 heavy (non-hydrogen) atoms. The van der Waals surface area contributed by atoms with E-state index in [0.717, 1.165) is 44.2 Å². The summed E-state index contributed by atoms with van der Waals surface area (Å²) in [5.41, 5.74) is 5.14. The van der Waals surface area contributed by atoms with Crippen LogP contribution in [0.5, 0.6) is 0 Å². The van der Waals surface area contributed by atoms with Crippen LogP contribution < -0.4 is 0 Å². The van der Waals surface area contributed by atoms with E-state index >= 15 is 0 Å². The summed E-state index contributed by atoms with van der Waals surface area (Å²) in [6.07, 6.45) is 1.78. The second kappa shape index (κ2) is 4.61. The van der Waals surface area contributed by atoms with Crippen LogP contribution in [0.15, 0.2) is 71.3 Å². The molecule has 3 aromatic heterocycles. The van der Waals surface area contributed by atoms with Gasteiger partial charge in [-0.15, -0.1) is 10.2 Å². The molecule has 0 radical (unpaired) electrons. The lowest BCUT2D eigenvalue weighted by molar-refractivity contribution is 0.668. The molecule has 5 rings (SSSR count). The summed E-state index contributed by atoms with van der Waals surface area (Å²) in [6, 6.07) is 19.8. The third-order valence-corrected chi connectivity index (χ3v) is 4.02. The van der Waals surface area contributed by atoms with E-state index in [0.29, 0.717) is 0 Å². The monoisotopic (exact) mass is 297 g/mol. The molecule has 0 bridgehead atoms. The SMILES string of the molecule is c1ccc2nnc(-c3cccc4oc5cccnc5c34)cc2c1. The van der Waals surface area contributed by atoms with E-state index in [1.54, 1.807) is 6.20 Å². The number of benzene rings is 2. The maximum atomic E-state index is 5.89. The van der Waals surface area contributed by atoms with Gasteiger partial charge in [0.15, 0.2) is 5.58 Å². The van der Waals surface area contributed by atoms with Gasteiger partial charge in [0, 0.05) is 17.1 Å². The summed E-state index contributed by atoms with van der Waals surface area (Å²) in [4.78, 5) is 4.48. The van der Waals surface area contributed by atoms with Crippen LogP contribution in [0.2, 0.25) is 0 Å². The van der Waals surface area contributed by atoms with Gasteiger partial charge < -0.3 is 4.42 Å². The van der Waals surface area contributed by atoms with Crippen LogP contribution in [0.25, 0.3) is 44.2 Å². The number of rotatable bonds is 1. The van der Waals surface area contributed by atoms with Gasteiger partial charge in [-0.3, -0.25) is 4.98 Å². The zero-order valence-electron chi connectivity index (χ0n) is 12.1. The molecule has 0 atom stereocenters. The van der Waals surface area contributed by atoms with Crippen LogP contribution >= 0.6 is 0 Å². The topological polar surface area (TPSA) is 51.8 Å². The van der Waals surface area contributed by atoms with E-state index in [1.165, 1.54) is 0 Å². The Bertz CT molecular complexity index is 1180. The fraction of sp³-hybridized carbons (Fsp3) is 0. The smallest absolute Gasteiger partial charge is 0.153 e. The molecule has 0 aliphatic carbocycles. The highest BCUT2D eigenvalue weighted by Crippen LogP contribution is 2.34. The molecule has 0 N–H and O–H groups in total. The molecular weight excluding hydrogens is 286 g/mol. The predicted molar refractivity (Wildman–Crippen MR) is 90.0 cm³/mol. The van der Waals surface area contributed by atoms with Gasteiger partial charge >= 0.3 is 0 Å². The Morgan fingerprint density at radius 3 is 2.70 bits per heavy atom. The third kappa shape index (κ3) is 1.82. The standard InChI is InChI=1S/C19H11N3O/c1-2-7-14-12(5-1)11-15(22-21-14)13-6-3-8-16-18(13)19-17(23-16)9-4-10-20-19/h1-11H. The van der Waals surface area contributed by atoms with Gasteiger partial charge in [0.25, 0.3) is 0 Å². The minimum absolute atomic E-state index is 0.781. The minimum atomic E-state index is 0.781. The van der Waals surface area contributed by atoms with Crippen molar-refractivity contribution in [3.63, 3.8) is 0 Å². The first kappa shape index (κ1) is 12.3. The van der Waals surface area contributed by atoms with Gasteiger partial charge in [0.2, 0.25) is 0 Å². The van der Waals surface area contributed by atoms with Crippen LogP contribution in [0.4, 0.5) is 0 Å². The molecule has 5 aromatic rings. The number of aromatic nitrogens is 3. The molecule has 0 saturated carbocycles. The van der Waals surface area contributed by atoms with Crippen molar-refractivity contribution in [1.29, 1.82) is 0 Å². The quantitative estimate of drug-likeness (QED) is 0.454. The Morgan fingerprint density at radius 2 is 1.70 bits per heavy atom. The van der Waals surface area contributed by atoms with Crippen LogP contribution in [0.1, 0.15) is 0 Å². The van der Waals surface area contributed by atoms with E-state index in [2.05, 4.69) is 21.2 Å². The molecular formula is C19H11N3O. The summed E-state index contributed by atoms with van der Waals surface area (Å²) in [7, 11) is 0. The molecule has 3 heterocycles. The number of hydrogen-bond acceptors (Lipinski definition) is 4. The van der Waals surface area contributed by atoms with Crippen molar-refractivity contribution in [3.05, 3.63) is 66.9 Å². The van der Waals surface area contributed by atoms with Gasteiger partial charge in [0.1, 0.15) is 11.1 Å². The molecule has 0 saturated heterocycles. The Kier molecular flexibility index (Phi) is 2.46. The fourth-order valence-electron chi connectivity index (χ4n) is 2.97. The first-order valence-electron chi connectivity index (χ1n) is 7.39. The Balaban J connectivity index is 1.87. The van der Waals surface area contributed by atoms with Gasteiger partial charge in [-0.2, -0.15) is 0 Å². The van der Waals surface area contributed by atoms with E-state index < -0.39 is 0 Å². The van der Waals surface area contributed by atoms with Crippen molar-refractivity contribution in [1.82, 2.24) is 15.2 Å². The zero-order valence-corrected chi connectivity index (χ0v) is 12.1. The van der Waals surface area contributed by atoms with Gasteiger partial charge in [-0.05, 0) is 30.3 Å². The second-order valence-corrected chi connectivity index (χ2v) is 5.42. The average molecular weight is 297 g/mol. The summed E-state index contributed by atoms with van der Waals surface area (Å²) >= 11 is 0. The summed E-state index contributed by atoms with van der Waals surface area (Å²) in [5.74, 6) is 0. The Labute approximate surface area is 131 Å². The van der Waals surface area contributed by atoms with E-state index in [1.807, 2.05) is 54.6 Å². The van der Waals surface area contributed by atoms with E-state index in [4.69, 9.17) is 4.42 Å². The lowest BCUT2D eigenvalue weighted by Crippen LogP contribution is -1.89. The van der Waals surface area contributed by atoms with Crippen molar-refractivity contribution in [3.8, 4) is 11.3 Å². The second-order valence-electron chi connectivity index (χ2n) is 5.42. The molecule has 0 fully saturated rings. The number of pyridine rings is 1.